The fraction of sp³-hybridized carbons (Fsp3) is 0.500. The molecule has 2 unspecified atom stereocenters. The Balaban J connectivity index is 1.79. The molecule has 0 bridgehead atoms. The van der Waals surface area contributed by atoms with E-state index in [2.05, 4.69) is 4.98 Å². The van der Waals surface area contributed by atoms with E-state index in [9.17, 15) is 8.42 Å². The molecule has 2 aliphatic rings. The molecule has 7 heteroatoms. The lowest BCUT2D eigenvalue weighted by atomic mass is 10.0. The molecule has 4 rings (SSSR count). The molecule has 1 saturated heterocycles. The van der Waals surface area contributed by atoms with E-state index in [4.69, 9.17) is 5.73 Å². The van der Waals surface area contributed by atoms with Crippen LogP contribution >= 0.6 is 0 Å². The van der Waals surface area contributed by atoms with Crippen molar-refractivity contribution < 1.29 is 8.42 Å². The van der Waals surface area contributed by atoms with Crippen molar-refractivity contribution in [1.29, 1.82) is 0 Å². The van der Waals surface area contributed by atoms with Gasteiger partial charge in [-0.15, -0.1) is 0 Å². The summed E-state index contributed by atoms with van der Waals surface area (Å²) in [7, 11) is -3.59. The number of rotatable bonds is 2. The van der Waals surface area contributed by atoms with Crippen molar-refractivity contribution in [2.45, 2.75) is 24.3 Å². The fourth-order valence-electron chi connectivity index (χ4n) is 3.76. The number of imidazole rings is 1. The second-order valence-electron chi connectivity index (χ2n) is 6.00. The maximum absolute atomic E-state index is 12.9. The lowest BCUT2D eigenvalue weighted by molar-refractivity contribution is 0.443. The summed E-state index contributed by atoms with van der Waals surface area (Å²) in [4.78, 5) is 4.16. The minimum atomic E-state index is -3.59. The van der Waals surface area contributed by atoms with E-state index in [0.717, 1.165) is 12.8 Å². The van der Waals surface area contributed by atoms with Crippen molar-refractivity contribution in [3.63, 3.8) is 0 Å². The number of nitrogen functional groups attached to an aromatic ring is 1. The van der Waals surface area contributed by atoms with Gasteiger partial charge < -0.3 is 5.73 Å². The van der Waals surface area contributed by atoms with Gasteiger partial charge >= 0.3 is 0 Å². The van der Waals surface area contributed by atoms with Crippen molar-refractivity contribution in [2.24, 2.45) is 11.8 Å². The topological polar surface area (TPSA) is 80.7 Å². The second kappa shape index (κ2) is 4.45. The minimum Gasteiger partial charge on any atom is -0.381 e. The van der Waals surface area contributed by atoms with Crippen LogP contribution in [0.25, 0.3) is 5.65 Å². The van der Waals surface area contributed by atoms with Crippen LogP contribution in [0.4, 0.5) is 5.82 Å². The van der Waals surface area contributed by atoms with Crippen LogP contribution in [0.3, 0.4) is 0 Å². The molecule has 2 aromatic rings. The Morgan fingerprint density at radius 1 is 1.19 bits per heavy atom. The zero-order chi connectivity index (χ0) is 14.6. The van der Waals surface area contributed by atoms with Gasteiger partial charge in [-0.1, -0.05) is 12.5 Å². The number of pyridine rings is 1. The van der Waals surface area contributed by atoms with Crippen molar-refractivity contribution in [1.82, 2.24) is 13.7 Å². The summed E-state index contributed by atoms with van der Waals surface area (Å²) in [5.41, 5.74) is 6.45. The molecule has 6 nitrogen and oxygen atoms in total. The molecule has 3 heterocycles. The van der Waals surface area contributed by atoms with Crippen LogP contribution in [-0.2, 0) is 10.0 Å². The van der Waals surface area contributed by atoms with Gasteiger partial charge in [0.05, 0.1) is 0 Å². The summed E-state index contributed by atoms with van der Waals surface area (Å²) in [5.74, 6) is 1.11. The molecule has 21 heavy (non-hydrogen) atoms. The highest BCUT2D eigenvalue weighted by atomic mass is 32.2. The number of aromatic nitrogens is 2. The van der Waals surface area contributed by atoms with Gasteiger partial charge in [0.15, 0.2) is 10.8 Å². The van der Waals surface area contributed by atoms with Gasteiger partial charge in [0, 0.05) is 19.3 Å². The van der Waals surface area contributed by atoms with Crippen LogP contribution in [0.2, 0.25) is 0 Å². The molecule has 1 aliphatic carbocycles. The molecule has 2 atom stereocenters. The van der Waals surface area contributed by atoms with Gasteiger partial charge in [-0.05, 0) is 36.8 Å². The van der Waals surface area contributed by atoms with E-state index in [1.54, 1.807) is 27.0 Å². The van der Waals surface area contributed by atoms with Gasteiger partial charge in [-0.2, -0.15) is 4.31 Å². The van der Waals surface area contributed by atoms with Crippen LogP contribution in [0.5, 0.6) is 0 Å². The quantitative estimate of drug-likeness (QED) is 0.908. The van der Waals surface area contributed by atoms with Gasteiger partial charge in [0.25, 0.3) is 10.0 Å². The Bertz CT molecular complexity index is 786. The normalized spacial score (nSPS) is 26.5. The largest absolute Gasteiger partial charge is 0.381 e. The molecule has 0 radical (unpaired) electrons. The monoisotopic (exact) mass is 306 g/mol. The average Bonchev–Trinajstić information content (AvgIpc) is 3.08. The Morgan fingerprint density at radius 2 is 1.90 bits per heavy atom. The van der Waals surface area contributed by atoms with E-state index < -0.39 is 10.0 Å². The summed E-state index contributed by atoms with van der Waals surface area (Å²) in [5, 5.41) is 0.109. The van der Waals surface area contributed by atoms with Gasteiger partial charge in [0.2, 0.25) is 0 Å². The molecule has 0 spiro atoms. The van der Waals surface area contributed by atoms with Crippen molar-refractivity contribution >= 4 is 21.5 Å². The predicted molar refractivity (Wildman–Crippen MR) is 79.2 cm³/mol. The third-order valence-corrected chi connectivity index (χ3v) is 6.66. The number of nitrogens with zero attached hydrogens (tertiary/aromatic N) is 3. The molecule has 2 fully saturated rings. The summed E-state index contributed by atoms with van der Waals surface area (Å²) in [6.07, 6.45) is 5.20. The first kappa shape index (κ1) is 13.1. The molecule has 1 saturated carbocycles. The standard InChI is InChI=1S/C14H18N4O2S/c15-13-14(18-7-2-1-6-12(18)16-13)21(19,20)17-8-10-4-3-5-11(10)9-17/h1-2,6-7,10-11H,3-5,8-9,15H2. The van der Waals surface area contributed by atoms with Crippen LogP contribution in [-0.4, -0.2) is 35.2 Å². The van der Waals surface area contributed by atoms with Crippen LogP contribution < -0.4 is 5.73 Å². The smallest absolute Gasteiger partial charge is 0.262 e. The van der Waals surface area contributed by atoms with E-state index >= 15 is 0 Å². The van der Waals surface area contributed by atoms with Gasteiger partial charge in [-0.3, -0.25) is 4.40 Å². The second-order valence-corrected chi connectivity index (χ2v) is 7.86. The first-order valence-electron chi connectivity index (χ1n) is 7.30. The number of sulfonamides is 1. The molecular formula is C14H18N4O2S. The summed E-state index contributed by atoms with van der Waals surface area (Å²) < 4.78 is 29.1. The molecule has 1 aliphatic heterocycles. The maximum Gasteiger partial charge on any atom is 0.262 e. The number of fused-ring (bicyclic) bond motifs is 2. The van der Waals surface area contributed by atoms with Crippen LogP contribution in [0, 0.1) is 11.8 Å². The highest BCUT2D eigenvalue weighted by Gasteiger charge is 2.43. The molecule has 112 valence electrons. The minimum absolute atomic E-state index is 0.0817. The average molecular weight is 306 g/mol. The van der Waals surface area contributed by atoms with Gasteiger partial charge in [0.1, 0.15) is 5.65 Å². The summed E-state index contributed by atoms with van der Waals surface area (Å²) >= 11 is 0. The van der Waals surface area contributed by atoms with Crippen molar-refractivity contribution in [3.8, 4) is 0 Å². The van der Waals surface area contributed by atoms with E-state index in [1.165, 1.54) is 6.42 Å². The number of anilines is 1. The predicted octanol–water partition coefficient (Wildman–Crippen LogP) is 1.34. The lowest BCUT2D eigenvalue weighted by Gasteiger charge is -2.17. The molecular weight excluding hydrogens is 288 g/mol. The highest BCUT2D eigenvalue weighted by molar-refractivity contribution is 7.89. The number of nitrogens with two attached hydrogens (primary N) is 1. The maximum atomic E-state index is 12.9. The van der Waals surface area contributed by atoms with E-state index in [-0.39, 0.29) is 10.8 Å². The first-order valence-corrected chi connectivity index (χ1v) is 8.74. The Hall–Kier alpha value is -1.60. The Morgan fingerprint density at radius 3 is 2.62 bits per heavy atom. The summed E-state index contributed by atoms with van der Waals surface area (Å²) in [6, 6.07) is 5.36. The van der Waals surface area contributed by atoms with Crippen LogP contribution in [0.15, 0.2) is 29.4 Å². The molecule has 2 N–H and O–H groups in total. The summed E-state index contributed by atoms with van der Waals surface area (Å²) in [6.45, 7) is 1.24. The zero-order valence-electron chi connectivity index (χ0n) is 11.6. The molecule has 0 amide bonds. The third-order valence-electron chi connectivity index (χ3n) is 4.79. The zero-order valence-corrected chi connectivity index (χ0v) is 12.5. The van der Waals surface area contributed by atoms with Crippen molar-refractivity contribution in [2.75, 3.05) is 18.8 Å². The Kier molecular flexibility index (Phi) is 2.77. The highest BCUT2D eigenvalue weighted by Crippen LogP contribution is 2.40. The van der Waals surface area contributed by atoms with Crippen LogP contribution in [0.1, 0.15) is 19.3 Å². The number of hydrogen-bond acceptors (Lipinski definition) is 4. The third kappa shape index (κ3) is 1.87. The van der Waals surface area contributed by atoms with E-state index in [1.807, 2.05) is 6.07 Å². The Labute approximate surface area is 123 Å². The van der Waals surface area contributed by atoms with Crippen molar-refractivity contribution in [3.05, 3.63) is 24.4 Å². The number of hydrogen-bond donors (Lipinski definition) is 1. The van der Waals surface area contributed by atoms with Gasteiger partial charge in [-0.25, -0.2) is 13.4 Å². The fourth-order valence-corrected chi connectivity index (χ4v) is 5.49. The SMILES string of the molecule is Nc1nc2ccccn2c1S(=O)(=O)N1CC2CCCC2C1. The lowest BCUT2D eigenvalue weighted by Crippen LogP contribution is -2.31. The van der Waals surface area contributed by atoms with E-state index in [0.29, 0.717) is 30.6 Å². The first-order chi connectivity index (χ1) is 10.1. The molecule has 0 aromatic carbocycles. The molecule has 2 aromatic heterocycles.